The van der Waals surface area contributed by atoms with Crippen molar-refractivity contribution in [2.75, 3.05) is 11.9 Å². The molecule has 0 spiro atoms. The third-order valence-electron chi connectivity index (χ3n) is 3.91. The maximum absolute atomic E-state index is 11.1. The van der Waals surface area contributed by atoms with E-state index in [9.17, 15) is 4.79 Å². The summed E-state index contributed by atoms with van der Waals surface area (Å²) in [5.74, 6) is -1.12. The lowest BCUT2D eigenvalue weighted by molar-refractivity contribution is -0.141. The Balaban J connectivity index is 1.94. The Hall–Kier alpha value is -2.56. The van der Waals surface area contributed by atoms with Gasteiger partial charge in [0.25, 0.3) is 0 Å². The molecule has 2 aromatic heterocycles. The number of imidazole rings is 1. The molecule has 1 atom stereocenters. The Morgan fingerprint density at radius 2 is 2.25 bits per heavy atom. The normalized spacial score (nSPS) is 17.9. The molecule has 0 saturated heterocycles. The van der Waals surface area contributed by atoms with Crippen molar-refractivity contribution in [3.05, 3.63) is 42.1 Å². The number of fused-ring (bicyclic) bond motifs is 5. The van der Waals surface area contributed by atoms with E-state index in [0.717, 1.165) is 27.9 Å². The van der Waals surface area contributed by atoms with E-state index in [0.29, 0.717) is 13.0 Å². The number of pyridine rings is 1. The van der Waals surface area contributed by atoms with Gasteiger partial charge in [0.15, 0.2) is 0 Å². The second-order valence-electron chi connectivity index (χ2n) is 5.13. The first-order chi connectivity index (χ1) is 9.74. The maximum atomic E-state index is 11.1. The molecule has 3 aromatic rings. The van der Waals surface area contributed by atoms with Crippen molar-refractivity contribution in [2.45, 2.75) is 6.42 Å². The van der Waals surface area contributed by atoms with E-state index in [1.54, 1.807) is 0 Å². The standard InChI is InChI=1S/C15H13N3O2/c19-15(20)10-7-9-4-5-11-14(13(9)16-8-10)17-12-3-1-2-6-18(11)12/h1-6,10,16H,7-8H2,(H,19,20). The molecule has 0 bridgehead atoms. The first-order valence-electron chi connectivity index (χ1n) is 6.59. The summed E-state index contributed by atoms with van der Waals surface area (Å²) in [6.07, 6.45) is 2.54. The summed E-state index contributed by atoms with van der Waals surface area (Å²) < 4.78 is 2.04. The van der Waals surface area contributed by atoms with Crippen LogP contribution < -0.4 is 5.32 Å². The minimum Gasteiger partial charge on any atom is -0.481 e. The van der Waals surface area contributed by atoms with E-state index < -0.39 is 5.97 Å². The number of anilines is 1. The summed E-state index contributed by atoms with van der Waals surface area (Å²) >= 11 is 0. The molecule has 1 aromatic carbocycles. The molecule has 0 aliphatic carbocycles. The first-order valence-corrected chi connectivity index (χ1v) is 6.59. The molecule has 0 amide bonds. The minimum absolute atomic E-state index is 0.364. The van der Waals surface area contributed by atoms with Gasteiger partial charge in [0.1, 0.15) is 11.2 Å². The van der Waals surface area contributed by atoms with Crippen LogP contribution in [0.1, 0.15) is 5.56 Å². The molecule has 1 aliphatic rings. The fourth-order valence-corrected chi connectivity index (χ4v) is 2.88. The van der Waals surface area contributed by atoms with Crippen LogP contribution in [0.5, 0.6) is 0 Å². The molecule has 0 saturated carbocycles. The third kappa shape index (κ3) is 1.49. The van der Waals surface area contributed by atoms with Crippen LogP contribution >= 0.6 is 0 Å². The van der Waals surface area contributed by atoms with Gasteiger partial charge in [0.05, 0.1) is 17.1 Å². The van der Waals surface area contributed by atoms with Crippen LogP contribution in [-0.2, 0) is 11.2 Å². The highest BCUT2D eigenvalue weighted by molar-refractivity contribution is 5.94. The number of nitrogens with one attached hydrogen (secondary N) is 1. The highest BCUT2D eigenvalue weighted by Crippen LogP contribution is 2.32. The molecule has 1 aliphatic heterocycles. The lowest BCUT2D eigenvalue weighted by Gasteiger charge is -2.23. The van der Waals surface area contributed by atoms with Crippen LogP contribution in [0.4, 0.5) is 5.69 Å². The number of aromatic nitrogens is 2. The van der Waals surface area contributed by atoms with Gasteiger partial charge in [-0.05, 0) is 30.2 Å². The minimum atomic E-state index is -0.752. The van der Waals surface area contributed by atoms with Crippen molar-refractivity contribution in [3.8, 4) is 0 Å². The monoisotopic (exact) mass is 267 g/mol. The maximum Gasteiger partial charge on any atom is 0.308 e. The third-order valence-corrected chi connectivity index (χ3v) is 3.91. The smallest absolute Gasteiger partial charge is 0.308 e. The zero-order valence-electron chi connectivity index (χ0n) is 10.7. The fraction of sp³-hybridized carbons (Fsp3) is 0.200. The van der Waals surface area contributed by atoms with Crippen molar-refractivity contribution in [1.82, 2.24) is 9.38 Å². The van der Waals surface area contributed by atoms with Crippen molar-refractivity contribution in [2.24, 2.45) is 5.92 Å². The lowest BCUT2D eigenvalue weighted by atomic mass is 9.93. The molecule has 5 heteroatoms. The van der Waals surface area contributed by atoms with Gasteiger partial charge in [-0.15, -0.1) is 0 Å². The number of hydrogen-bond donors (Lipinski definition) is 2. The zero-order valence-corrected chi connectivity index (χ0v) is 10.7. The Morgan fingerprint density at radius 1 is 1.35 bits per heavy atom. The summed E-state index contributed by atoms with van der Waals surface area (Å²) in [6, 6.07) is 9.92. The Morgan fingerprint density at radius 3 is 3.10 bits per heavy atom. The predicted molar refractivity (Wildman–Crippen MR) is 76.0 cm³/mol. The van der Waals surface area contributed by atoms with Crippen molar-refractivity contribution < 1.29 is 9.90 Å². The van der Waals surface area contributed by atoms with Crippen LogP contribution in [0.25, 0.3) is 16.7 Å². The number of nitrogens with zero attached hydrogens (tertiary/aromatic N) is 2. The summed E-state index contributed by atoms with van der Waals surface area (Å²) in [5.41, 5.74) is 4.86. The first kappa shape index (κ1) is 11.3. The fourth-order valence-electron chi connectivity index (χ4n) is 2.88. The van der Waals surface area contributed by atoms with Gasteiger partial charge < -0.3 is 10.4 Å². The number of aliphatic carboxylic acids is 1. The van der Waals surface area contributed by atoms with E-state index in [4.69, 9.17) is 5.11 Å². The molecule has 20 heavy (non-hydrogen) atoms. The zero-order chi connectivity index (χ0) is 13.7. The van der Waals surface area contributed by atoms with Crippen LogP contribution in [0, 0.1) is 5.92 Å². The Labute approximate surface area is 114 Å². The van der Waals surface area contributed by atoms with Crippen molar-refractivity contribution in [1.29, 1.82) is 0 Å². The molecule has 4 rings (SSSR count). The van der Waals surface area contributed by atoms with Crippen molar-refractivity contribution in [3.63, 3.8) is 0 Å². The van der Waals surface area contributed by atoms with E-state index in [2.05, 4.69) is 10.3 Å². The second-order valence-corrected chi connectivity index (χ2v) is 5.13. The van der Waals surface area contributed by atoms with Gasteiger partial charge in [-0.1, -0.05) is 12.1 Å². The molecule has 0 fully saturated rings. The van der Waals surface area contributed by atoms with Crippen LogP contribution in [0.2, 0.25) is 0 Å². The lowest BCUT2D eigenvalue weighted by Crippen LogP contribution is -2.29. The largest absolute Gasteiger partial charge is 0.481 e. The molecular weight excluding hydrogens is 254 g/mol. The van der Waals surface area contributed by atoms with Crippen LogP contribution in [0.3, 0.4) is 0 Å². The quantitative estimate of drug-likeness (QED) is 0.709. The highest BCUT2D eigenvalue weighted by atomic mass is 16.4. The van der Waals surface area contributed by atoms with Gasteiger partial charge in [-0.25, -0.2) is 4.98 Å². The SMILES string of the molecule is O=C(O)C1CNc2c(ccc3c2nc2ccccn23)C1. The van der Waals surface area contributed by atoms with E-state index in [1.165, 1.54) is 0 Å². The number of carbonyl (C=O) groups is 1. The molecular formula is C15H13N3O2. The van der Waals surface area contributed by atoms with E-state index in [1.807, 2.05) is 40.9 Å². The molecule has 3 heterocycles. The topological polar surface area (TPSA) is 66.6 Å². The second kappa shape index (κ2) is 3.96. The van der Waals surface area contributed by atoms with E-state index >= 15 is 0 Å². The van der Waals surface area contributed by atoms with Gasteiger partial charge in [0.2, 0.25) is 0 Å². The predicted octanol–water partition coefficient (Wildman–Crippen LogP) is 2.16. The molecule has 1 unspecified atom stereocenters. The average molecular weight is 267 g/mol. The van der Waals surface area contributed by atoms with Crippen LogP contribution in [0.15, 0.2) is 36.5 Å². The number of rotatable bonds is 1. The summed E-state index contributed by atoms with van der Waals surface area (Å²) in [5, 5.41) is 12.4. The summed E-state index contributed by atoms with van der Waals surface area (Å²) in [7, 11) is 0. The number of carboxylic acid groups (broad SMARTS) is 1. The summed E-state index contributed by atoms with van der Waals surface area (Å²) in [6.45, 7) is 0.454. The number of benzene rings is 1. The molecule has 100 valence electrons. The highest BCUT2D eigenvalue weighted by Gasteiger charge is 2.26. The number of carboxylic acids is 1. The summed E-state index contributed by atoms with van der Waals surface area (Å²) in [4.78, 5) is 15.8. The van der Waals surface area contributed by atoms with Crippen LogP contribution in [-0.4, -0.2) is 27.0 Å². The van der Waals surface area contributed by atoms with E-state index in [-0.39, 0.29) is 5.92 Å². The molecule has 2 N–H and O–H groups in total. The van der Waals surface area contributed by atoms with Crippen molar-refractivity contribution >= 4 is 28.3 Å². The molecule has 0 radical (unpaired) electrons. The Kier molecular flexibility index (Phi) is 2.24. The van der Waals surface area contributed by atoms with Gasteiger partial charge in [-0.3, -0.25) is 9.20 Å². The van der Waals surface area contributed by atoms with Gasteiger partial charge in [-0.2, -0.15) is 0 Å². The molecule has 5 nitrogen and oxygen atoms in total. The Bertz CT molecular complexity index is 838. The van der Waals surface area contributed by atoms with Gasteiger partial charge in [0, 0.05) is 12.7 Å². The number of hydrogen-bond acceptors (Lipinski definition) is 3. The van der Waals surface area contributed by atoms with Gasteiger partial charge >= 0.3 is 5.97 Å². The average Bonchev–Trinajstić information content (AvgIpc) is 2.85.